The van der Waals surface area contributed by atoms with Crippen LogP contribution in [0.25, 0.3) is 0 Å². The first-order valence-electron chi connectivity index (χ1n) is 9.13. The maximum Gasteiger partial charge on any atom is 0.337 e. The van der Waals surface area contributed by atoms with Gasteiger partial charge in [0, 0.05) is 5.56 Å². The SMILES string of the molecule is CC(C)(O)C#N.COC(=O)c1ccc(C(N)C#N)cc1.COC(=O)c1ccc(C=O)cc1. The summed E-state index contributed by atoms with van der Waals surface area (Å²) in [6, 6.07) is 15.6. The lowest BCUT2D eigenvalue weighted by Gasteiger charge is -2.03. The van der Waals surface area contributed by atoms with E-state index in [0.29, 0.717) is 22.3 Å². The normalized spacial score (nSPS) is 10.4. The van der Waals surface area contributed by atoms with E-state index in [1.807, 2.05) is 6.07 Å². The Hall–Kier alpha value is -4.05. The fourth-order valence-corrected chi connectivity index (χ4v) is 1.83. The number of benzene rings is 2. The predicted octanol–water partition coefficient (Wildman–Crippen LogP) is 2.56. The fraction of sp³-hybridized carbons (Fsp3) is 0.261. The molecule has 0 spiro atoms. The van der Waals surface area contributed by atoms with Gasteiger partial charge in [0.15, 0.2) is 0 Å². The van der Waals surface area contributed by atoms with Crippen molar-refractivity contribution in [2.45, 2.75) is 25.5 Å². The van der Waals surface area contributed by atoms with Crippen LogP contribution in [0.1, 0.15) is 56.5 Å². The molecule has 0 heterocycles. The van der Waals surface area contributed by atoms with Crippen molar-refractivity contribution in [3.8, 4) is 12.1 Å². The molecule has 0 saturated carbocycles. The van der Waals surface area contributed by atoms with Crippen LogP contribution >= 0.6 is 0 Å². The number of nitriles is 2. The summed E-state index contributed by atoms with van der Waals surface area (Å²) < 4.78 is 9.01. The van der Waals surface area contributed by atoms with E-state index in [0.717, 1.165) is 6.29 Å². The molecule has 9 heteroatoms. The number of carbonyl (C=O) groups excluding carboxylic acids is 3. The Morgan fingerprint density at radius 3 is 1.62 bits per heavy atom. The minimum atomic E-state index is -1.15. The van der Waals surface area contributed by atoms with Crippen LogP contribution in [0.15, 0.2) is 48.5 Å². The van der Waals surface area contributed by atoms with Crippen LogP contribution in [0, 0.1) is 22.7 Å². The number of rotatable bonds is 4. The Morgan fingerprint density at radius 1 is 0.969 bits per heavy atom. The number of hydrogen-bond acceptors (Lipinski definition) is 9. The molecule has 9 nitrogen and oxygen atoms in total. The molecule has 3 N–H and O–H groups in total. The summed E-state index contributed by atoms with van der Waals surface area (Å²) in [4.78, 5) is 32.2. The zero-order valence-electron chi connectivity index (χ0n) is 18.2. The van der Waals surface area contributed by atoms with E-state index in [4.69, 9.17) is 21.4 Å². The molecule has 168 valence electrons. The van der Waals surface area contributed by atoms with Crippen molar-refractivity contribution in [2.75, 3.05) is 14.2 Å². The zero-order valence-corrected chi connectivity index (χ0v) is 18.2. The Labute approximate surface area is 186 Å². The number of aliphatic hydroxyl groups is 1. The third-order valence-corrected chi connectivity index (χ3v) is 3.57. The summed E-state index contributed by atoms with van der Waals surface area (Å²) in [5.74, 6) is -0.797. The molecule has 0 aliphatic carbocycles. The first-order chi connectivity index (χ1) is 15.0. The fourth-order valence-electron chi connectivity index (χ4n) is 1.83. The topological polar surface area (TPSA) is 163 Å². The number of esters is 2. The molecule has 2 aromatic rings. The molecule has 2 aromatic carbocycles. The van der Waals surface area contributed by atoms with Crippen molar-refractivity contribution >= 4 is 18.2 Å². The number of ether oxygens (including phenoxy) is 2. The molecule has 1 atom stereocenters. The highest BCUT2D eigenvalue weighted by Gasteiger charge is 2.08. The number of carbonyl (C=O) groups is 3. The van der Waals surface area contributed by atoms with E-state index in [9.17, 15) is 14.4 Å². The highest BCUT2D eigenvalue weighted by Crippen LogP contribution is 2.11. The molecule has 0 aromatic heterocycles. The number of hydrogen-bond donors (Lipinski definition) is 2. The van der Waals surface area contributed by atoms with Crippen LogP contribution in [0.5, 0.6) is 0 Å². The second kappa shape index (κ2) is 14.0. The largest absolute Gasteiger partial charge is 0.465 e. The van der Waals surface area contributed by atoms with Crippen molar-refractivity contribution in [1.29, 1.82) is 10.5 Å². The molecule has 0 fully saturated rings. The van der Waals surface area contributed by atoms with Crippen LogP contribution in [0.3, 0.4) is 0 Å². The Kier molecular flexibility index (Phi) is 12.3. The molecular formula is C23H25N3O6. The number of methoxy groups -OCH3 is 2. The second-order valence-corrected chi connectivity index (χ2v) is 6.62. The summed E-state index contributed by atoms with van der Waals surface area (Å²) in [6.45, 7) is 2.88. The quantitative estimate of drug-likeness (QED) is 0.414. The van der Waals surface area contributed by atoms with Gasteiger partial charge in [-0.15, -0.1) is 0 Å². The van der Waals surface area contributed by atoms with Gasteiger partial charge in [-0.3, -0.25) is 4.79 Å². The summed E-state index contributed by atoms with van der Waals surface area (Å²) in [5.41, 5.74) is 6.44. The Bertz CT molecular complexity index is 965. The van der Waals surface area contributed by atoms with Gasteiger partial charge in [0.05, 0.1) is 37.5 Å². The van der Waals surface area contributed by atoms with E-state index in [-0.39, 0.29) is 0 Å². The van der Waals surface area contributed by atoms with Crippen molar-refractivity contribution < 1.29 is 29.0 Å². The van der Waals surface area contributed by atoms with Crippen LogP contribution in [0.4, 0.5) is 0 Å². The van der Waals surface area contributed by atoms with E-state index < -0.39 is 23.6 Å². The number of nitrogens with two attached hydrogens (primary N) is 1. The Balaban J connectivity index is 0.000000487. The maximum atomic E-state index is 11.0. The third kappa shape index (κ3) is 10.6. The monoisotopic (exact) mass is 439 g/mol. The van der Waals surface area contributed by atoms with E-state index >= 15 is 0 Å². The van der Waals surface area contributed by atoms with Gasteiger partial charge in [0.25, 0.3) is 0 Å². The van der Waals surface area contributed by atoms with E-state index in [1.54, 1.807) is 54.6 Å². The Morgan fingerprint density at radius 2 is 1.34 bits per heavy atom. The second-order valence-electron chi connectivity index (χ2n) is 6.62. The average Bonchev–Trinajstić information content (AvgIpc) is 2.83. The van der Waals surface area contributed by atoms with E-state index in [2.05, 4.69) is 9.47 Å². The summed E-state index contributed by atoms with van der Waals surface area (Å²) >= 11 is 0. The lowest BCUT2D eigenvalue weighted by molar-refractivity contribution is 0.0592. The summed E-state index contributed by atoms with van der Waals surface area (Å²) in [7, 11) is 2.63. The van der Waals surface area contributed by atoms with Crippen molar-refractivity contribution in [3.63, 3.8) is 0 Å². The van der Waals surface area contributed by atoms with Crippen molar-refractivity contribution in [1.82, 2.24) is 0 Å². The molecule has 1 unspecified atom stereocenters. The molecular weight excluding hydrogens is 414 g/mol. The smallest absolute Gasteiger partial charge is 0.337 e. The van der Waals surface area contributed by atoms with Gasteiger partial charge >= 0.3 is 11.9 Å². The van der Waals surface area contributed by atoms with Crippen LogP contribution in [-0.2, 0) is 9.47 Å². The summed E-state index contributed by atoms with van der Waals surface area (Å²) in [5, 5.41) is 24.9. The van der Waals surface area contributed by atoms with Gasteiger partial charge < -0.3 is 20.3 Å². The number of aldehydes is 1. The van der Waals surface area contributed by atoms with Gasteiger partial charge in [0.2, 0.25) is 0 Å². The van der Waals surface area contributed by atoms with Gasteiger partial charge in [-0.25, -0.2) is 9.59 Å². The van der Waals surface area contributed by atoms with Gasteiger partial charge in [-0.05, 0) is 43.7 Å². The molecule has 0 bridgehead atoms. The van der Waals surface area contributed by atoms with E-state index in [1.165, 1.54) is 28.1 Å². The van der Waals surface area contributed by atoms with Crippen molar-refractivity contribution in [2.24, 2.45) is 5.73 Å². The first-order valence-corrected chi connectivity index (χ1v) is 9.13. The molecule has 0 radical (unpaired) electrons. The molecule has 0 amide bonds. The zero-order chi connectivity index (χ0) is 24.7. The van der Waals surface area contributed by atoms with Crippen LogP contribution < -0.4 is 5.73 Å². The van der Waals surface area contributed by atoms with Gasteiger partial charge in [-0.2, -0.15) is 10.5 Å². The highest BCUT2D eigenvalue weighted by atomic mass is 16.5. The molecule has 2 rings (SSSR count). The first kappa shape index (κ1) is 28.0. The predicted molar refractivity (Wildman–Crippen MR) is 115 cm³/mol. The highest BCUT2D eigenvalue weighted by molar-refractivity contribution is 5.90. The molecule has 32 heavy (non-hydrogen) atoms. The van der Waals surface area contributed by atoms with Crippen molar-refractivity contribution in [3.05, 3.63) is 70.8 Å². The van der Waals surface area contributed by atoms with Gasteiger partial charge in [-0.1, -0.05) is 24.3 Å². The molecule has 0 aliphatic heterocycles. The van der Waals surface area contributed by atoms with Crippen LogP contribution in [-0.4, -0.2) is 43.2 Å². The molecule has 0 saturated heterocycles. The standard InChI is InChI=1S/C10H10N2O2.C9H8O3.C4H7NO/c1-14-10(13)8-4-2-7(3-5-8)9(12)6-11;1-12-9(11)8-4-2-7(6-10)3-5-8;1-4(2,6)3-5/h2-5,9H,12H2,1H3;2-6H,1H3;6H,1-2H3. The lowest BCUT2D eigenvalue weighted by Crippen LogP contribution is -2.13. The van der Waals surface area contributed by atoms with Gasteiger partial charge in [0.1, 0.15) is 17.9 Å². The minimum absolute atomic E-state index is 0.396. The lowest BCUT2D eigenvalue weighted by atomic mass is 10.1. The van der Waals surface area contributed by atoms with Crippen LogP contribution in [0.2, 0.25) is 0 Å². The third-order valence-electron chi connectivity index (χ3n) is 3.57. The minimum Gasteiger partial charge on any atom is -0.465 e. The summed E-state index contributed by atoms with van der Waals surface area (Å²) in [6.07, 6.45) is 0.723. The maximum absolute atomic E-state index is 11.0. The molecule has 0 aliphatic rings. The average molecular weight is 439 g/mol. The number of nitrogens with zero attached hydrogens (tertiary/aromatic N) is 2.